The lowest BCUT2D eigenvalue weighted by atomic mass is 10.1. The Morgan fingerprint density at radius 1 is 1.26 bits per heavy atom. The van der Waals surface area contributed by atoms with Gasteiger partial charge in [-0.25, -0.2) is 0 Å². The summed E-state index contributed by atoms with van der Waals surface area (Å²) in [7, 11) is 1.99. The van der Waals surface area contributed by atoms with Gasteiger partial charge < -0.3 is 4.90 Å². The topological polar surface area (TPSA) is 27.0 Å². The van der Waals surface area contributed by atoms with Crippen LogP contribution in [-0.2, 0) is 6.54 Å². The Bertz CT molecular complexity index is 634. The highest BCUT2D eigenvalue weighted by atomic mass is 79.9. The second kappa shape index (κ2) is 6.10. The summed E-state index contributed by atoms with van der Waals surface area (Å²) in [6.07, 6.45) is 0. The zero-order chi connectivity index (χ0) is 13.8. The van der Waals surface area contributed by atoms with Crippen molar-refractivity contribution in [2.45, 2.75) is 6.54 Å². The molecule has 2 nitrogen and oxygen atoms in total. The number of benzene rings is 2. The lowest BCUT2D eigenvalue weighted by molar-refractivity contribution is 0.922. The molecule has 0 atom stereocenters. The number of anilines is 1. The first-order chi connectivity index (χ1) is 9.08. The minimum Gasteiger partial charge on any atom is -0.370 e. The Kier molecular flexibility index (Phi) is 4.47. The molecule has 2 rings (SSSR count). The third-order valence-corrected chi connectivity index (χ3v) is 3.45. The van der Waals surface area contributed by atoms with Crippen molar-refractivity contribution in [3.05, 3.63) is 63.1 Å². The molecule has 0 aliphatic carbocycles. The molecule has 0 heterocycles. The lowest BCUT2D eigenvalue weighted by Gasteiger charge is -2.20. The molecule has 0 saturated heterocycles. The first-order valence-corrected chi connectivity index (χ1v) is 6.92. The maximum atomic E-state index is 8.99. The van der Waals surface area contributed by atoms with Crippen LogP contribution in [0.15, 0.2) is 46.9 Å². The van der Waals surface area contributed by atoms with Crippen LogP contribution < -0.4 is 4.90 Å². The molecule has 0 fully saturated rings. The maximum Gasteiger partial charge on any atom is 0.0992 e. The van der Waals surface area contributed by atoms with Gasteiger partial charge in [-0.05, 0) is 35.9 Å². The molecule has 2 aromatic rings. The van der Waals surface area contributed by atoms with Crippen molar-refractivity contribution in [3.8, 4) is 6.07 Å². The van der Waals surface area contributed by atoms with E-state index in [2.05, 4.69) is 26.9 Å². The molecule has 0 unspecified atom stereocenters. The van der Waals surface area contributed by atoms with E-state index in [0.717, 1.165) is 27.3 Å². The molecule has 4 heteroatoms. The van der Waals surface area contributed by atoms with Crippen LogP contribution in [0.3, 0.4) is 0 Å². The van der Waals surface area contributed by atoms with E-state index in [-0.39, 0.29) is 0 Å². The Balaban J connectivity index is 2.23. The maximum absolute atomic E-state index is 8.99. The average molecular weight is 336 g/mol. The first kappa shape index (κ1) is 13.9. The molecule has 0 radical (unpaired) electrons. The fraction of sp³-hybridized carbons (Fsp3) is 0.133. The van der Waals surface area contributed by atoms with E-state index in [0.29, 0.717) is 5.56 Å². The number of rotatable bonds is 3. The molecule has 0 N–H and O–H groups in total. The first-order valence-electron chi connectivity index (χ1n) is 5.75. The molecule has 19 heavy (non-hydrogen) atoms. The van der Waals surface area contributed by atoms with Crippen LogP contribution in [0, 0.1) is 11.3 Å². The smallest absolute Gasteiger partial charge is 0.0992 e. The van der Waals surface area contributed by atoms with Gasteiger partial charge in [0.05, 0.1) is 11.6 Å². The molecule has 96 valence electrons. The number of nitrogens with zero attached hydrogens (tertiary/aromatic N) is 2. The van der Waals surface area contributed by atoms with Crippen molar-refractivity contribution >= 4 is 33.2 Å². The van der Waals surface area contributed by atoms with Gasteiger partial charge in [0.1, 0.15) is 0 Å². The molecular formula is C15H12BrClN2. The van der Waals surface area contributed by atoms with Crippen LogP contribution in [0.1, 0.15) is 11.1 Å². The van der Waals surface area contributed by atoms with Crippen molar-refractivity contribution in [1.29, 1.82) is 5.26 Å². The minimum atomic E-state index is 0.641. The summed E-state index contributed by atoms with van der Waals surface area (Å²) < 4.78 is 0.902. The van der Waals surface area contributed by atoms with Gasteiger partial charge in [0.25, 0.3) is 0 Å². The van der Waals surface area contributed by atoms with Gasteiger partial charge in [-0.2, -0.15) is 5.26 Å². The van der Waals surface area contributed by atoms with Gasteiger partial charge in [-0.1, -0.05) is 39.7 Å². The SMILES string of the molecule is CN(Cc1cccc(Cl)c1)c1cc(Br)cc(C#N)c1. The number of nitriles is 1. The van der Waals surface area contributed by atoms with Crippen LogP contribution in [0.5, 0.6) is 0 Å². The van der Waals surface area contributed by atoms with Crippen molar-refractivity contribution in [3.63, 3.8) is 0 Å². The number of hydrogen-bond donors (Lipinski definition) is 0. The molecule has 0 spiro atoms. The second-order valence-electron chi connectivity index (χ2n) is 4.30. The van der Waals surface area contributed by atoms with Crippen LogP contribution in [0.25, 0.3) is 0 Å². The monoisotopic (exact) mass is 334 g/mol. The molecule has 0 aromatic heterocycles. The largest absolute Gasteiger partial charge is 0.370 e. The number of halogens is 2. The average Bonchev–Trinajstić information content (AvgIpc) is 2.38. The third-order valence-electron chi connectivity index (χ3n) is 2.76. The Morgan fingerprint density at radius 2 is 2.05 bits per heavy atom. The molecule has 0 aliphatic heterocycles. The van der Waals surface area contributed by atoms with Crippen LogP contribution in [-0.4, -0.2) is 7.05 Å². The lowest BCUT2D eigenvalue weighted by Crippen LogP contribution is -2.16. The van der Waals surface area contributed by atoms with Crippen LogP contribution in [0.2, 0.25) is 5.02 Å². The van der Waals surface area contributed by atoms with Crippen molar-refractivity contribution in [2.24, 2.45) is 0 Å². The Labute approximate surface area is 126 Å². The Morgan fingerprint density at radius 3 is 2.74 bits per heavy atom. The number of hydrogen-bond acceptors (Lipinski definition) is 2. The minimum absolute atomic E-state index is 0.641. The van der Waals surface area contributed by atoms with Gasteiger partial charge >= 0.3 is 0 Å². The van der Waals surface area contributed by atoms with Gasteiger partial charge in [-0.3, -0.25) is 0 Å². The summed E-state index contributed by atoms with van der Waals surface area (Å²) in [5, 5.41) is 9.72. The van der Waals surface area contributed by atoms with Crippen molar-refractivity contribution in [2.75, 3.05) is 11.9 Å². The molecule has 0 bridgehead atoms. The van der Waals surface area contributed by atoms with E-state index in [4.69, 9.17) is 16.9 Å². The van der Waals surface area contributed by atoms with E-state index in [9.17, 15) is 0 Å². The fourth-order valence-corrected chi connectivity index (χ4v) is 2.55. The third kappa shape index (κ3) is 3.73. The summed E-state index contributed by atoms with van der Waals surface area (Å²) in [4.78, 5) is 2.08. The van der Waals surface area contributed by atoms with Crippen LogP contribution >= 0.6 is 27.5 Å². The predicted octanol–water partition coefficient (Wildman–Crippen LogP) is 4.61. The zero-order valence-corrected chi connectivity index (χ0v) is 12.7. The van der Waals surface area contributed by atoms with Gasteiger partial charge in [0.15, 0.2) is 0 Å². The van der Waals surface area contributed by atoms with E-state index in [1.807, 2.05) is 43.4 Å². The van der Waals surface area contributed by atoms with Crippen molar-refractivity contribution in [1.82, 2.24) is 0 Å². The quantitative estimate of drug-likeness (QED) is 0.819. The van der Waals surface area contributed by atoms with E-state index < -0.39 is 0 Å². The predicted molar refractivity (Wildman–Crippen MR) is 82.4 cm³/mol. The standard InChI is InChI=1S/C15H12BrClN2/c1-19(10-11-3-2-4-14(17)6-11)15-7-12(9-18)5-13(16)8-15/h2-8H,10H2,1H3. The highest BCUT2D eigenvalue weighted by molar-refractivity contribution is 9.10. The summed E-state index contributed by atoms with van der Waals surface area (Å²) in [5.41, 5.74) is 2.77. The van der Waals surface area contributed by atoms with E-state index >= 15 is 0 Å². The molecule has 0 aliphatic rings. The molecule has 2 aromatic carbocycles. The highest BCUT2D eigenvalue weighted by Gasteiger charge is 2.05. The van der Waals surface area contributed by atoms with Crippen LogP contribution in [0.4, 0.5) is 5.69 Å². The Hall–Kier alpha value is -1.50. The van der Waals surface area contributed by atoms with Gasteiger partial charge in [0.2, 0.25) is 0 Å². The summed E-state index contributed by atoms with van der Waals surface area (Å²) in [6.45, 7) is 0.738. The molecular weight excluding hydrogens is 324 g/mol. The summed E-state index contributed by atoms with van der Waals surface area (Å²) >= 11 is 9.40. The van der Waals surface area contributed by atoms with E-state index in [1.54, 1.807) is 6.07 Å². The van der Waals surface area contributed by atoms with E-state index in [1.165, 1.54) is 0 Å². The second-order valence-corrected chi connectivity index (χ2v) is 5.65. The molecule has 0 amide bonds. The molecule has 0 saturated carbocycles. The van der Waals surface area contributed by atoms with Gasteiger partial charge in [0, 0.05) is 28.8 Å². The normalized spacial score (nSPS) is 10.0. The van der Waals surface area contributed by atoms with Gasteiger partial charge in [-0.15, -0.1) is 0 Å². The fourth-order valence-electron chi connectivity index (χ4n) is 1.86. The van der Waals surface area contributed by atoms with Crippen molar-refractivity contribution < 1.29 is 0 Å². The summed E-state index contributed by atoms with van der Waals surface area (Å²) in [5.74, 6) is 0. The highest BCUT2D eigenvalue weighted by Crippen LogP contribution is 2.23. The zero-order valence-electron chi connectivity index (χ0n) is 10.4. The summed E-state index contributed by atoms with van der Waals surface area (Å²) in [6, 6.07) is 15.6.